The van der Waals surface area contributed by atoms with Gasteiger partial charge in [-0.05, 0) is 35.4 Å². The Hall–Kier alpha value is -3.38. The summed E-state index contributed by atoms with van der Waals surface area (Å²) in [7, 11) is 1.44. The van der Waals surface area contributed by atoms with Gasteiger partial charge in [0.25, 0.3) is 0 Å². The molecule has 1 atom stereocenters. The predicted octanol–water partition coefficient (Wildman–Crippen LogP) is 5.62. The Morgan fingerprint density at radius 3 is 1.83 bits per heavy atom. The van der Waals surface area contributed by atoms with Gasteiger partial charge >= 0.3 is 5.97 Å². The second-order valence-electron chi connectivity index (χ2n) is 7.14. The number of hydrogen-bond donors (Lipinski definition) is 0. The molecule has 0 aliphatic heterocycles. The molecule has 3 aromatic carbocycles. The highest BCUT2D eigenvalue weighted by molar-refractivity contribution is 5.87. The van der Waals surface area contributed by atoms with Crippen LogP contribution in [-0.4, -0.2) is 13.1 Å². The molecule has 0 aliphatic rings. The van der Waals surface area contributed by atoms with E-state index in [0.717, 1.165) is 16.7 Å². The first-order chi connectivity index (χ1) is 14.2. The van der Waals surface area contributed by atoms with Crippen LogP contribution in [0.25, 0.3) is 0 Å². The number of nitriles is 1. The summed E-state index contributed by atoms with van der Waals surface area (Å²) in [5, 5.41) is 9.38. The fourth-order valence-electron chi connectivity index (χ4n) is 4.03. The zero-order chi connectivity index (χ0) is 20.5. The van der Waals surface area contributed by atoms with Gasteiger partial charge in [0.15, 0.2) is 0 Å². The summed E-state index contributed by atoms with van der Waals surface area (Å²) >= 11 is 0. The summed E-state index contributed by atoms with van der Waals surface area (Å²) < 4.78 is 5.32. The third-order valence-electron chi connectivity index (χ3n) is 5.54. The Morgan fingerprint density at radius 2 is 1.38 bits per heavy atom. The van der Waals surface area contributed by atoms with E-state index in [-0.39, 0.29) is 11.9 Å². The Balaban J connectivity index is 2.05. The van der Waals surface area contributed by atoms with Crippen LogP contribution in [0.15, 0.2) is 91.0 Å². The molecule has 3 rings (SSSR count). The fraction of sp³-hybridized carbons (Fsp3) is 0.231. The van der Waals surface area contributed by atoms with Gasteiger partial charge in [-0.3, -0.25) is 4.79 Å². The van der Waals surface area contributed by atoms with Gasteiger partial charge in [-0.1, -0.05) is 91.0 Å². The molecule has 0 heterocycles. The normalized spacial score (nSPS) is 12.0. The molecule has 146 valence electrons. The van der Waals surface area contributed by atoms with Gasteiger partial charge < -0.3 is 4.74 Å². The quantitative estimate of drug-likeness (QED) is 0.474. The second-order valence-corrected chi connectivity index (χ2v) is 7.14. The number of ether oxygens (including phenoxy) is 1. The fourth-order valence-corrected chi connectivity index (χ4v) is 4.03. The monoisotopic (exact) mass is 383 g/mol. The maximum absolute atomic E-state index is 13.3. The minimum atomic E-state index is -0.917. The molecule has 0 fully saturated rings. The third-order valence-corrected chi connectivity index (χ3v) is 5.54. The second kappa shape index (κ2) is 9.71. The lowest BCUT2D eigenvalue weighted by Gasteiger charge is -2.33. The van der Waals surface area contributed by atoms with Gasteiger partial charge in [0.2, 0.25) is 0 Å². The molecule has 0 spiro atoms. The summed E-state index contributed by atoms with van der Waals surface area (Å²) in [5.74, 6) is -0.226. The lowest BCUT2D eigenvalue weighted by atomic mass is 9.69. The highest BCUT2D eigenvalue weighted by Gasteiger charge is 2.43. The molecule has 0 aromatic heterocycles. The summed E-state index contributed by atoms with van der Waals surface area (Å²) in [6.07, 6.45) is 1.65. The first-order valence-electron chi connectivity index (χ1n) is 9.83. The highest BCUT2D eigenvalue weighted by Crippen LogP contribution is 2.41. The minimum absolute atomic E-state index is 0.0534. The van der Waals surface area contributed by atoms with Crippen molar-refractivity contribution in [3.05, 3.63) is 108 Å². The van der Waals surface area contributed by atoms with Crippen molar-refractivity contribution in [1.29, 1.82) is 5.26 Å². The largest absolute Gasteiger partial charge is 0.468 e. The van der Waals surface area contributed by atoms with Crippen molar-refractivity contribution in [3.8, 4) is 6.07 Å². The third kappa shape index (κ3) is 4.38. The van der Waals surface area contributed by atoms with Crippen LogP contribution in [0.5, 0.6) is 0 Å². The van der Waals surface area contributed by atoms with Crippen molar-refractivity contribution in [3.63, 3.8) is 0 Å². The maximum atomic E-state index is 13.3. The van der Waals surface area contributed by atoms with E-state index in [2.05, 4.69) is 6.07 Å². The predicted molar refractivity (Wildman–Crippen MR) is 114 cm³/mol. The number of esters is 1. The van der Waals surface area contributed by atoms with E-state index >= 15 is 0 Å². The number of methoxy groups -OCH3 is 1. The van der Waals surface area contributed by atoms with Crippen LogP contribution in [0.2, 0.25) is 0 Å². The summed E-state index contributed by atoms with van der Waals surface area (Å²) in [4.78, 5) is 13.3. The molecule has 0 amide bonds. The zero-order valence-electron chi connectivity index (χ0n) is 16.6. The Bertz CT molecular complexity index is 907. The average Bonchev–Trinajstić information content (AvgIpc) is 2.80. The SMILES string of the molecule is COC(=O)C(CCC(CC#N)c1ccccc1)(c1ccccc1)c1ccccc1. The smallest absolute Gasteiger partial charge is 0.320 e. The van der Waals surface area contributed by atoms with E-state index in [4.69, 9.17) is 4.74 Å². The molecule has 3 aromatic rings. The van der Waals surface area contributed by atoms with Crippen LogP contribution in [0.3, 0.4) is 0 Å². The van der Waals surface area contributed by atoms with Crippen LogP contribution in [0, 0.1) is 11.3 Å². The lowest BCUT2D eigenvalue weighted by Crippen LogP contribution is -2.38. The van der Waals surface area contributed by atoms with Gasteiger partial charge in [-0.2, -0.15) is 5.26 Å². The minimum Gasteiger partial charge on any atom is -0.468 e. The first kappa shape index (κ1) is 20.4. The van der Waals surface area contributed by atoms with Gasteiger partial charge in [0.1, 0.15) is 5.41 Å². The summed E-state index contributed by atoms with van der Waals surface area (Å²) in [6, 6.07) is 31.9. The molecule has 0 saturated heterocycles. The van der Waals surface area contributed by atoms with Crippen LogP contribution in [0.1, 0.15) is 41.9 Å². The van der Waals surface area contributed by atoms with Gasteiger partial charge in [-0.15, -0.1) is 0 Å². The zero-order valence-corrected chi connectivity index (χ0v) is 16.6. The number of rotatable bonds is 8. The van der Waals surface area contributed by atoms with Crippen molar-refractivity contribution in [2.24, 2.45) is 0 Å². The van der Waals surface area contributed by atoms with E-state index in [9.17, 15) is 10.1 Å². The standard InChI is InChI=1S/C26H25NO2/c1-29-25(28)26(23-13-7-3-8-14-23,24-15-9-4-10-16-24)19-17-22(18-20-27)21-11-5-2-6-12-21/h2-16,22H,17-19H2,1H3. The Morgan fingerprint density at radius 1 is 0.897 bits per heavy atom. The summed E-state index contributed by atoms with van der Waals surface area (Å²) in [6.45, 7) is 0. The average molecular weight is 383 g/mol. The molecule has 0 bridgehead atoms. The number of hydrogen-bond acceptors (Lipinski definition) is 3. The van der Waals surface area contributed by atoms with Crippen molar-refractivity contribution >= 4 is 5.97 Å². The van der Waals surface area contributed by atoms with Crippen molar-refractivity contribution < 1.29 is 9.53 Å². The van der Waals surface area contributed by atoms with E-state index < -0.39 is 5.41 Å². The van der Waals surface area contributed by atoms with Crippen molar-refractivity contribution in [1.82, 2.24) is 0 Å². The van der Waals surface area contributed by atoms with E-state index in [1.807, 2.05) is 91.0 Å². The molecule has 29 heavy (non-hydrogen) atoms. The maximum Gasteiger partial charge on any atom is 0.320 e. The molecule has 0 saturated carbocycles. The molecule has 1 unspecified atom stereocenters. The van der Waals surface area contributed by atoms with Gasteiger partial charge in [0.05, 0.1) is 13.2 Å². The Labute approximate surface area is 172 Å². The van der Waals surface area contributed by atoms with Crippen LogP contribution in [-0.2, 0) is 14.9 Å². The number of nitrogens with zero attached hydrogens (tertiary/aromatic N) is 1. The topological polar surface area (TPSA) is 50.1 Å². The molecule has 0 N–H and O–H groups in total. The number of carbonyl (C=O) groups excluding carboxylic acids is 1. The van der Waals surface area contributed by atoms with E-state index in [1.54, 1.807) is 0 Å². The molecule has 0 radical (unpaired) electrons. The molecular formula is C26H25NO2. The van der Waals surface area contributed by atoms with Gasteiger partial charge in [-0.25, -0.2) is 0 Å². The van der Waals surface area contributed by atoms with E-state index in [1.165, 1.54) is 7.11 Å². The molecule has 3 nitrogen and oxygen atoms in total. The van der Waals surface area contributed by atoms with Crippen LogP contribution >= 0.6 is 0 Å². The molecular weight excluding hydrogens is 358 g/mol. The Kier molecular flexibility index (Phi) is 6.81. The first-order valence-corrected chi connectivity index (χ1v) is 9.83. The highest BCUT2D eigenvalue weighted by atomic mass is 16.5. The van der Waals surface area contributed by atoms with Gasteiger partial charge in [0, 0.05) is 6.42 Å². The van der Waals surface area contributed by atoms with Crippen molar-refractivity contribution in [2.45, 2.75) is 30.6 Å². The van der Waals surface area contributed by atoms with E-state index in [0.29, 0.717) is 19.3 Å². The lowest BCUT2D eigenvalue weighted by molar-refractivity contribution is -0.146. The van der Waals surface area contributed by atoms with Crippen LogP contribution < -0.4 is 0 Å². The molecule has 0 aliphatic carbocycles. The number of benzene rings is 3. The van der Waals surface area contributed by atoms with Crippen molar-refractivity contribution in [2.75, 3.05) is 7.11 Å². The molecule has 3 heteroatoms. The van der Waals surface area contributed by atoms with Crippen LogP contribution in [0.4, 0.5) is 0 Å². The number of carbonyl (C=O) groups is 1. The summed E-state index contributed by atoms with van der Waals surface area (Å²) in [5.41, 5.74) is 2.01.